The summed E-state index contributed by atoms with van der Waals surface area (Å²) in [7, 11) is 0. The van der Waals surface area contributed by atoms with Crippen LogP contribution in [0.15, 0.2) is 170 Å². The highest BCUT2D eigenvalue weighted by atomic mass is 14.8. The molecule has 8 aromatic carbocycles. The van der Waals surface area contributed by atoms with Crippen molar-refractivity contribution in [3.63, 3.8) is 0 Å². The van der Waals surface area contributed by atoms with Crippen LogP contribution in [0.3, 0.4) is 0 Å². The molecule has 0 fully saturated rings. The highest BCUT2D eigenvalue weighted by Crippen LogP contribution is 2.39. The maximum atomic E-state index is 5.31. The summed E-state index contributed by atoms with van der Waals surface area (Å²) in [5.74, 6) is 0. The SMILES string of the molecule is c1ccc2c(-c3cnc(-c4ccc(-c5ccc6ccc7ccc(-c8ccc9ccc%10cccc%11ccc8c9c%10%11)nc7c6n5)cc4)cn3)cccc2c1. The van der Waals surface area contributed by atoms with Crippen LogP contribution >= 0.6 is 0 Å². The lowest BCUT2D eigenvalue weighted by atomic mass is 9.91. The maximum Gasteiger partial charge on any atom is 0.0972 e. The molecule has 0 spiro atoms. The molecule has 0 unspecified atom stereocenters. The Morgan fingerprint density at radius 2 is 0.808 bits per heavy atom. The summed E-state index contributed by atoms with van der Waals surface area (Å²) in [6, 6.07) is 55.8. The second-order valence-electron chi connectivity index (χ2n) is 13.5. The molecule has 0 aliphatic heterocycles. The highest BCUT2D eigenvalue weighted by molar-refractivity contribution is 6.25. The van der Waals surface area contributed by atoms with Crippen molar-refractivity contribution in [2.75, 3.05) is 0 Å². The summed E-state index contributed by atoms with van der Waals surface area (Å²) in [6.45, 7) is 0. The monoisotopic (exact) mass is 660 g/mol. The Balaban J connectivity index is 0.959. The fourth-order valence-electron chi connectivity index (χ4n) is 7.91. The predicted molar refractivity (Wildman–Crippen MR) is 216 cm³/mol. The molecule has 4 nitrogen and oxygen atoms in total. The largest absolute Gasteiger partial charge is 0.252 e. The first-order valence-electron chi connectivity index (χ1n) is 17.5. The van der Waals surface area contributed by atoms with Crippen molar-refractivity contribution in [1.82, 2.24) is 19.9 Å². The van der Waals surface area contributed by atoms with Crippen LogP contribution < -0.4 is 0 Å². The van der Waals surface area contributed by atoms with E-state index in [9.17, 15) is 0 Å². The van der Waals surface area contributed by atoms with Crippen molar-refractivity contribution < 1.29 is 0 Å². The molecular formula is C48H28N4. The number of hydrogen-bond donors (Lipinski definition) is 0. The molecule has 11 aromatic rings. The maximum absolute atomic E-state index is 5.31. The molecule has 0 saturated heterocycles. The number of rotatable bonds is 4. The zero-order valence-corrected chi connectivity index (χ0v) is 28.0. The molecule has 0 atom stereocenters. The average molecular weight is 661 g/mol. The molecule has 3 aromatic heterocycles. The normalized spacial score (nSPS) is 11.8. The summed E-state index contributed by atoms with van der Waals surface area (Å²) in [4.78, 5) is 20.1. The number of nitrogens with zero attached hydrogens (tertiary/aromatic N) is 4. The first-order valence-corrected chi connectivity index (χ1v) is 17.5. The molecule has 52 heavy (non-hydrogen) atoms. The molecule has 0 amide bonds. The lowest BCUT2D eigenvalue weighted by molar-refractivity contribution is 1.21. The van der Waals surface area contributed by atoms with Crippen molar-refractivity contribution in [3.05, 3.63) is 170 Å². The molecule has 0 aliphatic carbocycles. The van der Waals surface area contributed by atoms with E-state index in [-0.39, 0.29) is 0 Å². The van der Waals surface area contributed by atoms with Crippen molar-refractivity contribution in [1.29, 1.82) is 0 Å². The fourth-order valence-corrected chi connectivity index (χ4v) is 7.91. The molecule has 0 aliphatic rings. The Bertz CT molecular complexity index is 3150. The van der Waals surface area contributed by atoms with E-state index in [1.54, 1.807) is 0 Å². The molecule has 3 heterocycles. The van der Waals surface area contributed by atoms with Crippen LogP contribution in [0.25, 0.3) is 110 Å². The molecule has 240 valence electrons. The standard InChI is InChI=1S/C48H28N4/c1-2-9-37-29(5-1)6-4-10-38(37)44-28-49-43(27-50-44)31-13-11-30(12-14-31)41-25-21-35-17-18-36-22-26-42(52-48(36)47(35)51-41)39-23-19-34-16-15-32-7-3-8-33-20-24-40(39)46(34)45(32)33/h1-28H. The number of benzene rings is 8. The topological polar surface area (TPSA) is 51.6 Å². The van der Waals surface area contributed by atoms with Gasteiger partial charge in [0.25, 0.3) is 0 Å². The van der Waals surface area contributed by atoms with Crippen molar-refractivity contribution in [3.8, 4) is 45.0 Å². The minimum absolute atomic E-state index is 0.830. The van der Waals surface area contributed by atoms with Crippen LogP contribution in [-0.2, 0) is 0 Å². The Morgan fingerprint density at radius 1 is 0.288 bits per heavy atom. The van der Waals surface area contributed by atoms with Gasteiger partial charge in [-0.05, 0) is 55.2 Å². The summed E-state index contributed by atoms with van der Waals surface area (Å²) in [5, 5.41) is 12.1. The van der Waals surface area contributed by atoms with Crippen molar-refractivity contribution in [2.45, 2.75) is 0 Å². The van der Waals surface area contributed by atoms with Gasteiger partial charge in [0.1, 0.15) is 0 Å². The van der Waals surface area contributed by atoms with Gasteiger partial charge < -0.3 is 0 Å². The van der Waals surface area contributed by atoms with Gasteiger partial charge in [-0.1, -0.05) is 146 Å². The summed E-state index contributed by atoms with van der Waals surface area (Å²) in [5.41, 5.74) is 9.59. The van der Waals surface area contributed by atoms with Gasteiger partial charge in [-0.3, -0.25) is 9.97 Å². The Hall–Kier alpha value is -7.04. The molecular weight excluding hydrogens is 633 g/mol. The minimum Gasteiger partial charge on any atom is -0.252 e. The van der Waals surface area contributed by atoms with Gasteiger partial charge >= 0.3 is 0 Å². The number of fused-ring (bicyclic) bond motifs is 4. The van der Waals surface area contributed by atoms with E-state index < -0.39 is 0 Å². The number of aromatic nitrogens is 4. The molecule has 0 N–H and O–H groups in total. The van der Waals surface area contributed by atoms with Crippen LogP contribution in [0.1, 0.15) is 0 Å². The van der Waals surface area contributed by atoms with Crippen LogP contribution in [0.2, 0.25) is 0 Å². The smallest absolute Gasteiger partial charge is 0.0972 e. The zero-order valence-electron chi connectivity index (χ0n) is 28.0. The third-order valence-electron chi connectivity index (χ3n) is 10.5. The Morgan fingerprint density at radius 3 is 1.58 bits per heavy atom. The summed E-state index contributed by atoms with van der Waals surface area (Å²) < 4.78 is 0. The zero-order chi connectivity index (χ0) is 34.2. The number of pyridine rings is 2. The first kappa shape index (κ1) is 28.8. The third kappa shape index (κ3) is 4.48. The molecule has 0 radical (unpaired) electrons. The van der Waals surface area contributed by atoms with E-state index in [1.165, 1.54) is 43.1 Å². The first-order chi connectivity index (χ1) is 25.7. The molecule has 0 bridgehead atoms. The van der Waals surface area contributed by atoms with E-state index in [0.29, 0.717) is 0 Å². The van der Waals surface area contributed by atoms with E-state index in [0.717, 1.165) is 66.8 Å². The van der Waals surface area contributed by atoms with E-state index >= 15 is 0 Å². The van der Waals surface area contributed by atoms with Crippen molar-refractivity contribution in [2.24, 2.45) is 0 Å². The molecule has 11 rings (SSSR count). The quantitative estimate of drug-likeness (QED) is 0.176. The predicted octanol–water partition coefficient (Wildman–Crippen LogP) is 12.3. The third-order valence-corrected chi connectivity index (χ3v) is 10.5. The second-order valence-corrected chi connectivity index (χ2v) is 13.5. The van der Waals surface area contributed by atoms with Crippen LogP contribution in [0.5, 0.6) is 0 Å². The van der Waals surface area contributed by atoms with Crippen molar-refractivity contribution >= 4 is 64.9 Å². The average Bonchev–Trinajstić information content (AvgIpc) is 3.22. The minimum atomic E-state index is 0.830. The Labute approximate surface area is 299 Å². The van der Waals surface area contributed by atoms with E-state index in [1.807, 2.05) is 12.4 Å². The van der Waals surface area contributed by atoms with Gasteiger partial charge in [-0.2, -0.15) is 0 Å². The summed E-state index contributed by atoms with van der Waals surface area (Å²) >= 11 is 0. The van der Waals surface area contributed by atoms with Crippen LogP contribution in [-0.4, -0.2) is 19.9 Å². The van der Waals surface area contributed by atoms with Gasteiger partial charge in [-0.25, -0.2) is 9.97 Å². The molecule has 0 saturated carbocycles. The van der Waals surface area contributed by atoms with Gasteiger partial charge in [0.15, 0.2) is 0 Å². The van der Waals surface area contributed by atoms with Crippen LogP contribution in [0.4, 0.5) is 0 Å². The lowest BCUT2D eigenvalue weighted by Crippen LogP contribution is -1.93. The number of hydrogen-bond acceptors (Lipinski definition) is 4. The molecule has 4 heteroatoms. The summed E-state index contributed by atoms with van der Waals surface area (Å²) in [6.07, 6.45) is 3.72. The van der Waals surface area contributed by atoms with Crippen LogP contribution in [0, 0.1) is 0 Å². The van der Waals surface area contributed by atoms with Gasteiger partial charge in [-0.15, -0.1) is 0 Å². The highest BCUT2D eigenvalue weighted by Gasteiger charge is 2.15. The lowest BCUT2D eigenvalue weighted by Gasteiger charge is -2.14. The van der Waals surface area contributed by atoms with Gasteiger partial charge in [0, 0.05) is 33.0 Å². The van der Waals surface area contributed by atoms with Gasteiger partial charge in [0.05, 0.1) is 46.2 Å². The van der Waals surface area contributed by atoms with E-state index in [4.69, 9.17) is 19.9 Å². The fraction of sp³-hybridized carbons (Fsp3) is 0. The second kappa shape index (κ2) is 11.2. The van der Waals surface area contributed by atoms with E-state index in [2.05, 4.69) is 158 Å². The van der Waals surface area contributed by atoms with Gasteiger partial charge in [0.2, 0.25) is 0 Å². The Kier molecular flexibility index (Phi) is 6.22.